The average molecular weight is 248 g/mol. The first-order chi connectivity index (χ1) is 8.08. The fourth-order valence-corrected chi connectivity index (χ4v) is 2.34. The monoisotopic (exact) mass is 248 g/mol. The van der Waals surface area contributed by atoms with E-state index in [9.17, 15) is 0 Å². The molecule has 0 atom stereocenters. The Morgan fingerprint density at radius 2 is 1.76 bits per heavy atom. The molecule has 0 heterocycles. The van der Waals surface area contributed by atoms with Gasteiger partial charge in [0.05, 0.1) is 13.2 Å². The van der Waals surface area contributed by atoms with Crippen molar-refractivity contribution < 1.29 is 4.74 Å². The van der Waals surface area contributed by atoms with Gasteiger partial charge in [-0.2, -0.15) is 0 Å². The summed E-state index contributed by atoms with van der Waals surface area (Å²) in [6, 6.07) is 11.6. The first-order valence-electron chi connectivity index (χ1n) is 6.34. The Morgan fingerprint density at radius 1 is 1.06 bits per heavy atom. The molecular weight excluding hydrogens is 224 g/mol. The highest BCUT2D eigenvalue weighted by Gasteiger charge is 2.08. The third-order valence-electron chi connectivity index (χ3n) is 2.44. The SMILES string of the molecule is C[Si](C)(C)C/C=C/CCOCc1ccccc1. The van der Waals surface area contributed by atoms with Crippen LogP contribution in [0.2, 0.25) is 25.7 Å². The van der Waals surface area contributed by atoms with Crippen molar-refractivity contribution in [1.82, 2.24) is 0 Å². The number of hydrogen-bond acceptors (Lipinski definition) is 1. The zero-order valence-electron chi connectivity index (χ0n) is 11.3. The second-order valence-corrected chi connectivity index (χ2v) is 11.1. The van der Waals surface area contributed by atoms with E-state index in [1.54, 1.807) is 0 Å². The van der Waals surface area contributed by atoms with Crippen LogP contribution in [0.15, 0.2) is 42.5 Å². The molecule has 0 saturated carbocycles. The summed E-state index contributed by atoms with van der Waals surface area (Å²) in [5, 5.41) is 0. The molecule has 1 nitrogen and oxygen atoms in total. The van der Waals surface area contributed by atoms with Crippen LogP contribution < -0.4 is 0 Å². The first-order valence-corrected chi connectivity index (χ1v) is 10.1. The third kappa shape index (κ3) is 7.94. The first kappa shape index (κ1) is 14.2. The van der Waals surface area contributed by atoms with Crippen molar-refractivity contribution >= 4 is 8.07 Å². The highest BCUT2D eigenvalue weighted by atomic mass is 28.3. The second-order valence-electron chi connectivity index (χ2n) is 5.56. The summed E-state index contributed by atoms with van der Waals surface area (Å²) in [5.74, 6) is 0. The molecule has 0 unspecified atom stereocenters. The van der Waals surface area contributed by atoms with Crippen LogP contribution in [0.4, 0.5) is 0 Å². The summed E-state index contributed by atoms with van der Waals surface area (Å²) < 4.78 is 5.61. The molecule has 0 saturated heterocycles. The Labute approximate surface area is 107 Å². The van der Waals surface area contributed by atoms with Crippen molar-refractivity contribution in [3.8, 4) is 0 Å². The molecule has 0 bridgehead atoms. The molecule has 0 N–H and O–H groups in total. The minimum absolute atomic E-state index is 0.725. The van der Waals surface area contributed by atoms with Crippen molar-refractivity contribution in [1.29, 1.82) is 0 Å². The maximum atomic E-state index is 5.61. The van der Waals surface area contributed by atoms with Gasteiger partial charge in [0, 0.05) is 8.07 Å². The van der Waals surface area contributed by atoms with E-state index < -0.39 is 8.07 Å². The van der Waals surface area contributed by atoms with Crippen LogP contribution >= 0.6 is 0 Å². The lowest BCUT2D eigenvalue weighted by Crippen LogP contribution is -2.17. The van der Waals surface area contributed by atoms with E-state index in [1.807, 2.05) is 18.2 Å². The standard InChI is InChI=1S/C15H24OSi/c1-17(2,3)13-9-5-8-12-16-14-15-10-6-4-7-11-15/h4-7,9-11H,8,12-14H2,1-3H3/b9-5+. The second kappa shape index (κ2) is 7.46. The summed E-state index contributed by atoms with van der Waals surface area (Å²) in [7, 11) is -0.906. The highest BCUT2D eigenvalue weighted by Crippen LogP contribution is 2.08. The van der Waals surface area contributed by atoms with Gasteiger partial charge >= 0.3 is 0 Å². The van der Waals surface area contributed by atoms with Crippen LogP contribution in [0.1, 0.15) is 12.0 Å². The molecule has 0 radical (unpaired) electrons. The van der Waals surface area contributed by atoms with E-state index in [0.29, 0.717) is 0 Å². The smallest absolute Gasteiger partial charge is 0.0717 e. The Kier molecular flexibility index (Phi) is 6.23. The Balaban J connectivity index is 2.05. The quantitative estimate of drug-likeness (QED) is 0.392. The number of allylic oxidation sites excluding steroid dienone is 1. The van der Waals surface area contributed by atoms with Gasteiger partial charge in [-0.3, -0.25) is 0 Å². The fourth-order valence-electron chi connectivity index (χ4n) is 1.47. The molecular formula is C15H24OSi. The van der Waals surface area contributed by atoms with Gasteiger partial charge in [-0.1, -0.05) is 62.1 Å². The summed E-state index contributed by atoms with van der Waals surface area (Å²) in [4.78, 5) is 0. The summed E-state index contributed by atoms with van der Waals surface area (Å²) in [6.45, 7) is 8.72. The van der Waals surface area contributed by atoms with Gasteiger partial charge in [0.1, 0.15) is 0 Å². The molecule has 1 aromatic rings. The van der Waals surface area contributed by atoms with Crippen molar-refractivity contribution in [3.63, 3.8) is 0 Å². The van der Waals surface area contributed by atoms with Crippen LogP contribution in [0.5, 0.6) is 0 Å². The average Bonchev–Trinajstić information content (AvgIpc) is 2.28. The summed E-state index contributed by atoms with van der Waals surface area (Å²) in [5.41, 5.74) is 1.25. The predicted molar refractivity (Wildman–Crippen MR) is 78.0 cm³/mol. The van der Waals surface area contributed by atoms with Crippen LogP contribution in [0.3, 0.4) is 0 Å². The van der Waals surface area contributed by atoms with Crippen molar-refractivity contribution in [2.75, 3.05) is 6.61 Å². The van der Waals surface area contributed by atoms with Crippen molar-refractivity contribution in [3.05, 3.63) is 48.0 Å². The number of benzene rings is 1. The Bertz CT molecular complexity index is 325. The van der Waals surface area contributed by atoms with Crippen LogP contribution in [0.25, 0.3) is 0 Å². The molecule has 0 aliphatic carbocycles. The molecule has 2 heteroatoms. The molecule has 0 aliphatic heterocycles. The van der Waals surface area contributed by atoms with E-state index >= 15 is 0 Å². The molecule has 0 spiro atoms. The van der Waals surface area contributed by atoms with Crippen molar-refractivity contribution in [2.45, 2.75) is 38.7 Å². The molecule has 0 aromatic heterocycles. The maximum Gasteiger partial charge on any atom is 0.0717 e. The molecule has 1 aromatic carbocycles. The van der Waals surface area contributed by atoms with Gasteiger partial charge in [-0.15, -0.1) is 0 Å². The summed E-state index contributed by atoms with van der Waals surface area (Å²) in [6.07, 6.45) is 5.60. The minimum Gasteiger partial charge on any atom is -0.376 e. The van der Waals surface area contributed by atoms with E-state index in [2.05, 4.69) is 43.9 Å². The van der Waals surface area contributed by atoms with Gasteiger partial charge in [-0.05, 0) is 18.0 Å². The highest BCUT2D eigenvalue weighted by molar-refractivity contribution is 6.76. The third-order valence-corrected chi connectivity index (χ3v) is 3.90. The Morgan fingerprint density at radius 3 is 2.41 bits per heavy atom. The fraction of sp³-hybridized carbons (Fsp3) is 0.467. The van der Waals surface area contributed by atoms with Gasteiger partial charge in [0.2, 0.25) is 0 Å². The molecule has 17 heavy (non-hydrogen) atoms. The lowest BCUT2D eigenvalue weighted by atomic mass is 10.2. The van der Waals surface area contributed by atoms with E-state index in [0.717, 1.165) is 19.6 Å². The van der Waals surface area contributed by atoms with Crippen LogP contribution in [-0.4, -0.2) is 14.7 Å². The lowest BCUT2D eigenvalue weighted by molar-refractivity contribution is 0.125. The van der Waals surface area contributed by atoms with E-state index in [-0.39, 0.29) is 0 Å². The van der Waals surface area contributed by atoms with Gasteiger partial charge in [0.15, 0.2) is 0 Å². The van der Waals surface area contributed by atoms with Crippen LogP contribution in [-0.2, 0) is 11.3 Å². The summed E-state index contributed by atoms with van der Waals surface area (Å²) >= 11 is 0. The molecule has 0 amide bonds. The molecule has 0 fully saturated rings. The van der Waals surface area contributed by atoms with Crippen LogP contribution in [0, 0.1) is 0 Å². The normalized spacial score (nSPS) is 12.2. The zero-order valence-corrected chi connectivity index (χ0v) is 12.3. The van der Waals surface area contributed by atoms with Gasteiger partial charge in [0.25, 0.3) is 0 Å². The van der Waals surface area contributed by atoms with Gasteiger partial charge in [-0.25, -0.2) is 0 Å². The molecule has 1 rings (SSSR count). The zero-order chi connectivity index (χ0) is 12.6. The van der Waals surface area contributed by atoms with Crippen molar-refractivity contribution in [2.24, 2.45) is 0 Å². The minimum atomic E-state index is -0.906. The van der Waals surface area contributed by atoms with Gasteiger partial charge < -0.3 is 4.74 Å². The predicted octanol–water partition coefficient (Wildman–Crippen LogP) is 4.49. The largest absolute Gasteiger partial charge is 0.376 e. The topological polar surface area (TPSA) is 9.23 Å². The maximum absolute atomic E-state index is 5.61. The van der Waals surface area contributed by atoms with E-state index in [1.165, 1.54) is 11.6 Å². The molecule has 94 valence electrons. The Hall–Kier alpha value is -0.863. The van der Waals surface area contributed by atoms with E-state index in [4.69, 9.17) is 4.74 Å². The molecule has 0 aliphatic rings. The lowest BCUT2D eigenvalue weighted by Gasteiger charge is -2.11. The number of ether oxygens (including phenoxy) is 1. The number of hydrogen-bond donors (Lipinski definition) is 0. The number of rotatable bonds is 7.